The monoisotopic (exact) mass is 169 g/mol. The summed E-state index contributed by atoms with van der Waals surface area (Å²) in [6.07, 6.45) is 3.46. The third-order valence-electron chi connectivity index (χ3n) is 2.79. The van der Waals surface area contributed by atoms with Crippen molar-refractivity contribution in [2.24, 2.45) is 0 Å². The van der Waals surface area contributed by atoms with E-state index in [9.17, 15) is 4.79 Å². The molecule has 0 bridgehead atoms. The molecule has 1 aliphatic heterocycles. The highest BCUT2D eigenvalue weighted by Crippen LogP contribution is 2.34. The Hall–Kier alpha value is -0.730. The SMILES string of the molecule is CC(C)N1C(=O)O[C@@H]2CCCC21. The van der Waals surface area contributed by atoms with Gasteiger partial charge in [-0.2, -0.15) is 0 Å². The van der Waals surface area contributed by atoms with Gasteiger partial charge in [0.05, 0.1) is 6.04 Å². The summed E-state index contributed by atoms with van der Waals surface area (Å²) in [4.78, 5) is 13.2. The van der Waals surface area contributed by atoms with Gasteiger partial charge in [-0.1, -0.05) is 0 Å². The van der Waals surface area contributed by atoms with Crippen molar-refractivity contribution in [3.8, 4) is 0 Å². The lowest BCUT2D eigenvalue weighted by molar-refractivity contribution is 0.127. The summed E-state index contributed by atoms with van der Waals surface area (Å²) in [5.41, 5.74) is 0. The van der Waals surface area contributed by atoms with Gasteiger partial charge in [0.25, 0.3) is 0 Å². The Morgan fingerprint density at radius 2 is 2.25 bits per heavy atom. The van der Waals surface area contributed by atoms with Gasteiger partial charge in [0.1, 0.15) is 6.10 Å². The van der Waals surface area contributed by atoms with Crippen LogP contribution in [0.1, 0.15) is 33.1 Å². The van der Waals surface area contributed by atoms with Gasteiger partial charge in [-0.15, -0.1) is 0 Å². The smallest absolute Gasteiger partial charge is 0.410 e. The van der Waals surface area contributed by atoms with E-state index in [0.717, 1.165) is 12.8 Å². The van der Waals surface area contributed by atoms with Crippen molar-refractivity contribution in [3.63, 3.8) is 0 Å². The number of ether oxygens (including phenoxy) is 1. The molecule has 0 aromatic rings. The first-order valence-electron chi connectivity index (χ1n) is 4.69. The number of fused-ring (bicyclic) bond motifs is 1. The number of carbonyl (C=O) groups excluding carboxylic acids is 1. The van der Waals surface area contributed by atoms with Gasteiger partial charge < -0.3 is 4.74 Å². The van der Waals surface area contributed by atoms with E-state index >= 15 is 0 Å². The predicted molar refractivity (Wildman–Crippen MR) is 44.9 cm³/mol. The third-order valence-corrected chi connectivity index (χ3v) is 2.79. The quantitative estimate of drug-likeness (QED) is 0.598. The number of amides is 1. The maximum Gasteiger partial charge on any atom is 0.410 e. The molecule has 1 aliphatic carbocycles. The minimum atomic E-state index is -0.111. The molecule has 1 saturated carbocycles. The molecule has 2 aliphatic rings. The average Bonchev–Trinajstić information content (AvgIpc) is 2.44. The zero-order chi connectivity index (χ0) is 8.72. The molecule has 0 aromatic heterocycles. The van der Waals surface area contributed by atoms with Crippen LogP contribution in [0.5, 0.6) is 0 Å². The van der Waals surface area contributed by atoms with Crippen LogP contribution in [0.2, 0.25) is 0 Å². The number of carbonyl (C=O) groups is 1. The number of hydrogen-bond donors (Lipinski definition) is 0. The molecule has 2 rings (SSSR count). The molecule has 68 valence electrons. The van der Waals surface area contributed by atoms with Gasteiger partial charge in [0.2, 0.25) is 0 Å². The molecule has 2 fully saturated rings. The minimum absolute atomic E-state index is 0.111. The Kier molecular flexibility index (Phi) is 1.74. The number of hydrogen-bond acceptors (Lipinski definition) is 2. The zero-order valence-corrected chi connectivity index (χ0v) is 7.62. The molecule has 1 saturated heterocycles. The summed E-state index contributed by atoms with van der Waals surface area (Å²) in [6, 6.07) is 0.656. The molecule has 0 radical (unpaired) electrons. The Morgan fingerprint density at radius 3 is 2.92 bits per heavy atom. The van der Waals surface area contributed by atoms with Crippen LogP contribution in [-0.4, -0.2) is 29.2 Å². The molecule has 0 aromatic carbocycles. The molecule has 3 heteroatoms. The van der Waals surface area contributed by atoms with Crippen molar-refractivity contribution in [1.82, 2.24) is 4.90 Å². The van der Waals surface area contributed by atoms with E-state index in [1.54, 1.807) is 0 Å². The van der Waals surface area contributed by atoms with Crippen molar-refractivity contribution < 1.29 is 9.53 Å². The maximum atomic E-state index is 11.3. The third kappa shape index (κ3) is 0.993. The van der Waals surface area contributed by atoms with Gasteiger partial charge in [-0.05, 0) is 33.1 Å². The average molecular weight is 169 g/mol. The van der Waals surface area contributed by atoms with Gasteiger partial charge in [-0.25, -0.2) is 4.79 Å². The lowest BCUT2D eigenvalue weighted by atomic mass is 10.2. The molecule has 0 N–H and O–H groups in total. The van der Waals surface area contributed by atoms with Crippen molar-refractivity contribution in [3.05, 3.63) is 0 Å². The number of rotatable bonds is 1. The van der Waals surface area contributed by atoms with E-state index in [1.165, 1.54) is 6.42 Å². The first kappa shape index (κ1) is 7.90. The normalized spacial score (nSPS) is 34.2. The van der Waals surface area contributed by atoms with Crippen molar-refractivity contribution >= 4 is 6.09 Å². The molecule has 2 atom stereocenters. The second-order valence-electron chi connectivity index (χ2n) is 3.92. The highest BCUT2D eigenvalue weighted by molar-refractivity contribution is 5.71. The fraction of sp³-hybridized carbons (Fsp3) is 0.889. The lowest BCUT2D eigenvalue weighted by Crippen LogP contribution is -2.39. The van der Waals surface area contributed by atoms with E-state index in [2.05, 4.69) is 0 Å². The summed E-state index contributed by atoms with van der Waals surface area (Å²) in [5.74, 6) is 0. The molecule has 1 unspecified atom stereocenters. The van der Waals surface area contributed by atoms with Gasteiger partial charge in [-0.3, -0.25) is 4.90 Å². The van der Waals surface area contributed by atoms with Crippen LogP contribution < -0.4 is 0 Å². The number of nitrogens with zero attached hydrogens (tertiary/aromatic N) is 1. The highest BCUT2D eigenvalue weighted by atomic mass is 16.6. The summed E-state index contributed by atoms with van der Waals surface area (Å²) in [5, 5.41) is 0. The molecular formula is C9H15NO2. The van der Waals surface area contributed by atoms with E-state index in [0.29, 0.717) is 6.04 Å². The summed E-state index contributed by atoms with van der Waals surface area (Å²) in [7, 11) is 0. The van der Waals surface area contributed by atoms with E-state index < -0.39 is 0 Å². The molecule has 1 heterocycles. The molecular weight excluding hydrogens is 154 g/mol. The summed E-state index contributed by atoms with van der Waals surface area (Å²) >= 11 is 0. The molecule has 3 nitrogen and oxygen atoms in total. The summed E-state index contributed by atoms with van der Waals surface area (Å²) in [6.45, 7) is 4.09. The Morgan fingerprint density at radius 1 is 1.50 bits per heavy atom. The standard InChI is InChI=1S/C9H15NO2/c1-6(2)10-7-4-3-5-8(7)12-9(10)11/h6-8H,3-5H2,1-2H3/t7?,8-/m1/s1. The van der Waals surface area contributed by atoms with Crippen molar-refractivity contribution in [2.75, 3.05) is 0 Å². The first-order valence-corrected chi connectivity index (χ1v) is 4.69. The van der Waals surface area contributed by atoms with Crippen LogP contribution in [0.25, 0.3) is 0 Å². The maximum absolute atomic E-state index is 11.3. The van der Waals surface area contributed by atoms with Gasteiger partial charge >= 0.3 is 6.09 Å². The Bertz CT molecular complexity index is 203. The first-order chi connectivity index (χ1) is 5.70. The Balaban J connectivity index is 2.16. The van der Waals surface area contributed by atoms with Gasteiger partial charge in [0.15, 0.2) is 0 Å². The van der Waals surface area contributed by atoms with Gasteiger partial charge in [0, 0.05) is 6.04 Å². The van der Waals surface area contributed by atoms with Crippen LogP contribution in [0.3, 0.4) is 0 Å². The van der Waals surface area contributed by atoms with Crippen LogP contribution in [0.15, 0.2) is 0 Å². The topological polar surface area (TPSA) is 29.5 Å². The fourth-order valence-electron chi connectivity index (χ4n) is 2.28. The van der Waals surface area contributed by atoms with Crippen molar-refractivity contribution in [1.29, 1.82) is 0 Å². The van der Waals surface area contributed by atoms with E-state index in [-0.39, 0.29) is 18.2 Å². The molecule has 0 spiro atoms. The van der Waals surface area contributed by atoms with Crippen LogP contribution in [-0.2, 0) is 4.74 Å². The summed E-state index contributed by atoms with van der Waals surface area (Å²) < 4.78 is 5.25. The highest BCUT2D eigenvalue weighted by Gasteiger charge is 2.45. The Labute approximate surface area is 72.7 Å². The predicted octanol–water partition coefficient (Wildman–Crippen LogP) is 1.77. The van der Waals surface area contributed by atoms with E-state index in [4.69, 9.17) is 4.74 Å². The molecule has 1 amide bonds. The largest absolute Gasteiger partial charge is 0.444 e. The van der Waals surface area contributed by atoms with Crippen LogP contribution in [0.4, 0.5) is 4.79 Å². The molecule has 12 heavy (non-hydrogen) atoms. The second-order valence-corrected chi connectivity index (χ2v) is 3.92. The van der Waals surface area contributed by atoms with E-state index in [1.807, 2.05) is 18.7 Å². The lowest BCUT2D eigenvalue weighted by Gasteiger charge is -2.23. The second kappa shape index (κ2) is 2.64. The van der Waals surface area contributed by atoms with Crippen LogP contribution >= 0.6 is 0 Å². The fourth-order valence-corrected chi connectivity index (χ4v) is 2.28. The van der Waals surface area contributed by atoms with Crippen molar-refractivity contribution in [2.45, 2.75) is 51.3 Å². The van der Waals surface area contributed by atoms with Crippen LogP contribution in [0, 0.1) is 0 Å². The minimum Gasteiger partial charge on any atom is -0.444 e. The zero-order valence-electron chi connectivity index (χ0n) is 7.62.